The number of aryl methyl sites for hydroxylation is 2. The van der Waals surface area contributed by atoms with Crippen LogP contribution in [0.25, 0.3) is 5.69 Å². The van der Waals surface area contributed by atoms with E-state index in [1.165, 1.54) is 28.9 Å². The van der Waals surface area contributed by atoms with Gasteiger partial charge in [-0.15, -0.1) is 13.2 Å². The van der Waals surface area contributed by atoms with Crippen LogP contribution in [-0.4, -0.2) is 27.2 Å². The predicted molar refractivity (Wildman–Crippen MR) is 121 cm³/mol. The Morgan fingerprint density at radius 2 is 1.79 bits per heavy atom. The standard InChI is InChI=1S/C24H24ClF3N2O4/c1-14(2)22-20(13-33-19-8-4-16(15(3)12-19)5-11-21(31)32)23(25)30(29-22)17-6-9-18(10-7-17)34-24(26,27)28/h4,6-10,12,14H,5,11,13H2,1-3H3,(H,31,32). The molecular formula is C24H24ClF3N2O4. The Morgan fingerprint density at radius 3 is 2.35 bits per heavy atom. The van der Waals surface area contributed by atoms with Gasteiger partial charge in [0, 0.05) is 6.42 Å². The molecule has 0 bridgehead atoms. The summed E-state index contributed by atoms with van der Waals surface area (Å²) in [5, 5.41) is 13.7. The third kappa shape index (κ3) is 6.44. The van der Waals surface area contributed by atoms with E-state index in [4.69, 9.17) is 21.4 Å². The van der Waals surface area contributed by atoms with Gasteiger partial charge >= 0.3 is 12.3 Å². The lowest BCUT2D eigenvalue weighted by Crippen LogP contribution is -2.17. The molecule has 2 aromatic carbocycles. The number of nitrogens with zero attached hydrogens (tertiary/aromatic N) is 2. The number of carboxylic acid groups (broad SMARTS) is 1. The molecule has 0 saturated carbocycles. The molecule has 1 N–H and O–H groups in total. The van der Waals surface area contributed by atoms with Crippen molar-refractivity contribution in [2.24, 2.45) is 0 Å². The van der Waals surface area contributed by atoms with E-state index in [1.807, 2.05) is 32.9 Å². The van der Waals surface area contributed by atoms with E-state index >= 15 is 0 Å². The quantitative estimate of drug-likeness (QED) is 0.368. The zero-order valence-electron chi connectivity index (χ0n) is 18.8. The Kier molecular flexibility index (Phi) is 7.76. The van der Waals surface area contributed by atoms with Gasteiger partial charge in [-0.2, -0.15) is 5.10 Å². The van der Waals surface area contributed by atoms with Crippen molar-refractivity contribution >= 4 is 17.6 Å². The number of carboxylic acids is 1. The second-order valence-electron chi connectivity index (χ2n) is 8.03. The summed E-state index contributed by atoms with van der Waals surface area (Å²) < 4.78 is 48.6. The van der Waals surface area contributed by atoms with Crippen LogP contribution in [0.1, 0.15) is 48.6 Å². The monoisotopic (exact) mass is 496 g/mol. The fourth-order valence-corrected chi connectivity index (χ4v) is 3.73. The van der Waals surface area contributed by atoms with E-state index in [0.29, 0.717) is 34.3 Å². The molecule has 0 unspecified atom stereocenters. The van der Waals surface area contributed by atoms with Crippen LogP contribution in [0.3, 0.4) is 0 Å². The highest BCUT2D eigenvalue weighted by molar-refractivity contribution is 6.30. The number of benzene rings is 2. The van der Waals surface area contributed by atoms with Gasteiger partial charge in [-0.3, -0.25) is 4.79 Å². The molecule has 3 aromatic rings. The first-order valence-corrected chi connectivity index (χ1v) is 10.9. The van der Waals surface area contributed by atoms with Crippen molar-refractivity contribution in [1.29, 1.82) is 0 Å². The Balaban J connectivity index is 1.80. The average molecular weight is 497 g/mol. The van der Waals surface area contributed by atoms with Crippen molar-refractivity contribution in [3.05, 3.63) is 70.0 Å². The first kappa shape index (κ1) is 25.4. The molecule has 1 aromatic heterocycles. The van der Waals surface area contributed by atoms with Gasteiger partial charge in [-0.1, -0.05) is 31.5 Å². The highest BCUT2D eigenvalue weighted by Gasteiger charge is 2.31. The van der Waals surface area contributed by atoms with Crippen LogP contribution >= 0.6 is 11.6 Å². The fraction of sp³-hybridized carbons (Fsp3) is 0.333. The molecule has 0 spiro atoms. The van der Waals surface area contributed by atoms with Gasteiger partial charge in [0.05, 0.1) is 16.9 Å². The second kappa shape index (κ2) is 10.4. The summed E-state index contributed by atoms with van der Waals surface area (Å²) in [5.41, 5.74) is 3.70. The number of alkyl halides is 3. The first-order chi connectivity index (χ1) is 15.9. The number of ether oxygens (including phenoxy) is 2. The van der Waals surface area contributed by atoms with Gasteiger partial charge in [-0.05, 0) is 66.8 Å². The van der Waals surface area contributed by atoms with Crippen molar-refractivity contribution in [3.63, 3.8) is 0 Å². The predicted octanol–water partition coefficient (Wildman–Crippen LogP) is 6.45. The third-order valence-corrected chi connectivity index (χ3v) is 5.51. The Bertz CT molecular complexity index is 1160. The fourth-order valence-electron chi connectivity index (χ4n) is 3.44. The summed E-state index contributed by atoms with van der Waals surface area (Å²) in [5.74, 6) is -0.571. The minimum Gasteiger partial charge on any atom is -0.489 e. The molecular weight excluding hydrogens is 473 g/mol. The van der Waals surface area contributed by atoms with Gasteiger partial charge in [0.25, 0.3) is 0 Å². The van der Waals surface area contributed by atoms with E-state index in [-0.39, 0.29) is 24.7 Å². The molecule has 0 amide bonds. The zero-order chi connectivity index (χ0) is 25.0. The summed E-state index contributed by atoms with van der Waals surface area (Å²) in [4.78, 5) is 10.8. The van der Waals surface area contributed by atoms with Gasteiger partial charge in [0.15, 0.2) is 0 Å². The summed E-state index contributed by atoms with van der Waals surface area (Å²) in [6.07, 6.45) is -4.28. The normalized spacial score (nSPS) is 11.6. The van der Waals surface area contributed by atoms with Crippen LogP contribution in [-0.2, 0) is 17.8 Å². The highest BCUT2D eigenvalue weighted by Crippen LogP contribution is 2.31. The highest BCUT2D eigenvalue weighted by atomic mass is 35.5. The maximum absolute atomic E-state index is 12.4. The van der Waals surface area contributed by atoms with Crippen LogP contribution in [0.5, 0.6) is 11.5 Å². The van der Waals surface area contributed by atoms with Crippen LogP contribution in [0.2, 0.25) is 5.15 Å². The minimum absolute atomic E-state index is 0.0188. The zero-order valence-corrected chi connectivity index (χ0v) is 19.6. The van der Waals surface area contributed by atoms with E-state index in [1.54, 1.807) is 6.07 Å². The molecule has 182 valence electrons. The molecule has 3 rings (SSSR count). The molecule has 0 saturated heterocycles. The molecule has 0 aliphatic carbocycles. The van der Waals surface area contributed by atoms with Crippen LogP contribution in [0, 0.1) is 6.92 Å². The van der Waals surface area contributed by atoms with E-state index in [9.17, 15) is 18.0 Å². The Labute approximate surface area is 199 Å². The van der Waals surface area contributed by atoms with Gasteiger partial charge in [0.1, 0.15) is 23.3 Å². The van der Waals surface area contributed by atoms with Gasteiger partial charge in [-0.25, -0.2) is 4.68 Å². The lowest BCUT2D eigenvalue weighted by atomic mass is 10.0. The number of hydrogen-bond acceptors (Lipinski definition) is 4. The van der Waals surface area contributed by atoms with E-state index in [2.05, 4.69) is 9.84 Å². The largest absolute Gasteiger partial charge is 0.573 e. The number of rotatable bonds is 9. The maximum Gasteiger partial charge on any atom is 0.573 e. The summed E-state index contributed by atoms with van der Waals surface area (Å²) >= 11 is 6.60. The molecule has 0 atom stereocenters. The van der Waals surface area contributed by atoms with Crippen LogP contribution in [0.15, 0.2) is 42.5 Å². The number of carbonyl (C=O) groups is 1. The molecule has 0 radical (unpaired) electrons. The lowest BCUT2D eigenvalue weighted by molar-refractivity contribution is -0.274. The molecule has 6 nitrogen and oxygen atoms in total. The number of aliphatic carboxylic acids is 1. The molecule has 10 heteroatoms. The van der Waals surface area contributed by atoms with Gasteiger partial charge in [0.2, 0.25) is 0 Å². The Hall–Kier alpha value is -3.20. The number of aromatic nitrogens is 2. The van der Waals surface area contributed by atoms with Crippen molar-refractivity contribution in [1.82, 2.24) is 9.78 Å². The van der Waals surface area contributed by atoms with Crippen molar-refractivity contribution in [2.45, 2.75) is 52.5 Å². The minimum atomic E-state index is -4.77. The first-order valence-electron chi connectivity index (χ1n) is 10.5. The van der Waals surface area contributed by atoms with Crippen LogP contribution in [0.4, 0.5) is 13.2 Å². The molecule has 0 aliphatic rings. The molecule has 34 heavy (non-hydrogen) atoms. The molecule has 0 aliphatic heterocycles. The summed E-state index contributed by atoms with van der Waals surface area (Å²) in [6.45, 7) is 5.93. The molecule has 0 fully saturated rings. The van der Waals surface area contributed by atoms with Crippen molar-refractivity contribution in [2.75, 3.05) is 0 Å². The van der Waals surface area contributed by atoms with E-state index < -0.39 is 12.3 Å². The van der Waals surface area contributed by atoms with Gasteiger partial charge < -0.3 is 14.6 Å². The summed E-state index contributed by atoms with van der Waals surface area (Å²) in [7, 11) is 0. The third-order valence-electron chi connectivity index (χ3n) is 5.12. The topological polar surface area (TPSA) is 73.6 Å². The van der Waals surface area contributed by atoms with Crippen molar-refractivity contribution < 1.29 is 32.5 Å². The maximum atomic E-state index is 12.4. The lowest BCUT2D eigenvalue weighted by Gasteiger charge is -2.11. The Morgan fingerprint density at radius 1 is 1.15 bits per heavy atom. The number of hydrogen-bond donors (Lipinski definition) is 1. The average Bonchev–Trinajstić information content (AvgIpc) is 3.07. The smallest absolute Gasteiger partial charge is 0.489 e. The molecule has 1 heterocycles. The number of halogens is 4. The van der Waals surface area contributed by atoms with E-state index in [0.717, 1.165) is 11.1 Å². The summed E-state index contributed by atoms with van der Waals surface area (Å²) in [6, 6.07) is 10.7. The van der Waals surface area contributed by atoms with Crippen LogP contribution < -0.4 is 9.47 Å². The second-order valence-corrected chi connectivity index (χ2v) is 8.39. The SMILES string of the molecule is Cc1cc(OCc2c(C(C)C)nn(-c3ccc(OC(F)(F)F)cc3)c2Cl)ccc1CCC(=O)O. The van der Waals surface area contributed by atoms with Crippen molar-refractivity contribution in [3.8, 4) is 17.2 Å².